The lowest BCUT2D eigenvalue weighted by Gasteiger charge is -2.54. The van der Waals surface area contributed by atoms with Crippen LogP contribution in [0.25, 0.3) is 0 Å². The quantitative estimate of drug-likeness (QED) is 0.698. The van der Waals surface area contributed by atoms with E-state index >= 15 is 0 Å². The molecule has 4 unspecified atom stereocenters. The monoisotopic (exact) mass is 252 g/mol. The van der Waals surface area contributed by atoms with E-state index in [-0.39, 0.29) is 11.4 Å². The first-order valence-electron chi connectivity index (χ1n) is 7.63. The van der Waals surface area contributed by atoms with Crippen molar-refractivity contribution in [3.05, 3.63) is 0 Å². The summed E-state index contributed by atoms with van der Waals surface area (Å²) in [4.78, 5) is 0. The van der Waals surface area contributed by atoms with Gasteiger partial charge in [0, 0.05) is 11.8 Å². The minimum Gasteiger partial charge on any atom is -0.350 e. The van der Waals surface area contributed by atoms with Crippen LogP contribution in [0.15, 0.2) is 0 Å². The molecule has 1 spiro atoms. The summed E-state index contributed by atoms with van der Waals surface area (Å²) < 4.78 is 12.5. The summed E-state index contributed by atoms with van der Waals surface area (Å²) in [7, 11) is 0. The molecule has 18 heavy (non-hydrogen) atoms. The molecule has 0 aromatic rings. The van der Waals surface area contributed by atoms with Gasteiger partial charge in [-0.1, -0.05) is 27.7 Å². The third kappa shape index (κ3) is 1.31. The average Bonchev–Trinajstić information content (AvgIpc) is 2.61. The molecule has 1 saturated heterocycles. The topological polar surface area (TPSA) is 18.5 Å². The van der Waals surface area contributed by atoms with E-state index in [1.807, 2.05) is 0 Å². The Hall–Kier alpha value is -0.0800. The third-order valence-electron chi connectivity index (χ3n) is 6.98. The zero-order valence-corrected chi connectivity index (χ0v) is 12.6. The fourth-order valence-electron chi connectivity index (χ4n) is 5.02. The number of hydrogen-bond donors (Lipinski definition) is 0. The van der Waals surface area contributed by atoms with Crippen molar-refractivity contribution in [1.82, 2.24) is 0 Å². The number of rotatable bonds is 1. The molecule has 1 aliphatic heterocycles. The third-order valence-corrected chi connectivity index (χ3v) is 6.98. The Kier molecular flexibility index (Phi) is 2.53. The van der Waals surface area contributed by atoms with Crippen LogP contribution in [0.4, 0.5) is 0 Å². The summed E-state index contributed by atoms with van der Waals surface area (Å²) >= 11 is 0. The fraction of sp³-hybridized carbons (Fsp3) is 1.00. The standard InChI is InChI=1S/C16H28O2/c1-6-15(5)17-10-9-16(18-15)11-12-7-8-14(16,4)13(12,2)3/h12H,6-11H2,1-5H3. The van der Waals surface area contributed by atoms with Crippen LogP contribution in [0.2, 0.25) is 0 Å². The molecule has 3 rings (SSSR count). The van der Waals surface area contributed by atoms with Gasteiger partial charge in [0.25, 0.3) is 0 Å². The van der Waals surface area contributed by atoms with Gasteiger partial charge in [-0.25, -0.2) is 0 Å². The van der Waals surface area contributed by atoms with Crippen LogP contribution >= 0.6 is 0 Å². The fourth-order valence-corrected chi connectivity index (χ4v) is 5.02. The van der Waals surface area contributed by atoms with Crippen molar-refractivity contribution < 1.29 is 9.47 Å². The van der Waals surface area contributed by atoms with Crippen LogP contribution in [0.3, 0.4) is 0 Å². The zero-order valence-electron chi connectivity index (χ0n) is 12.6. The minimum absolute atomic E-state index is 0.0719. The van der Waals surface area contributed by atoms with E-state index in [1.165, 1.54) is 19.3 Å². The van der Waals surface area contributed by atoms with Gasteiger partial charge < -0.3 is 9.47 Å². The predicted molar refractivity (Wildman–Crippen MR) is 72.3 cm³/mol. The molecule has 1 heterocycles. The lowest BCUT2D eigenvalue weighted by atomic mass is 9.63. The van der Waals surface area contributed by atoms with E-state index < -0.39 is 0 Å². The normalized spacial score (nSPS) is 54.2. The van der Waals surface area contributed by atoms with Gasteiger partial charge in [-0.3, -0.25) is 0 Å². The van der Waals surface area contributed by atoms with Gasteiger partial charge in [-0.2, -0.15) is 0 Å². The summed E-state index contributed by atoms with van der Waals surface area (Å²) in [6.07, 6.45) is 5.98. The van der Waals surface area contributed by atoms with Crippen LogP contribution in [-0.4, -0.2) is 18.0 Å². The van der Waals surface area contributed by atoms with Crippen LogP contribution in [-0.2, 0) is 9.47 Å². The van der Waals surface area contributed by atoms with Crippen LogP contribution in [0.1, 0.15) is 66.7 Å². The van der Waals surface area contributed by atoms with Gasteiger partial charge in [0.2, 0.25) is 0 Å². The summed E-state index contributed by atoms with van der Waals surface area (Å²) in [5.41, 5.74) is 0.812. The van der Waals surface area contributed by atoms with Crippen molar-refractivity contribution >= 4 is 0 Å². The van der Waals surface area contributed by atoms with Gasteiger partial charge in [0.1, 0.15) is 0 Å². The predicted octanol–water partition coefficient (Wildman–Crippen LogP) is 4.13. The second-order valence-corrected chi connectivity index (χ2v) is 7.68. The van der Waals surface area contributed by atoms with Gasteiger partial charge in [-0.05, 0) is 43.9 Å². The van der Waals surface area contributed by atoms with Gasteiger partial charge >= 0.3 is 0 Å². The van der Waals surface area contributed by atoms with E-state index in [0.29, 0.717) is 10.8 Å². The Bertz CT molecular complexity index is 364. The first-order valence-corrected chi connectivity index (χ1v) is 7.63. The highest BCUT2D eigenvalue weighted by Crippen LogP contribution is 2.72. The molecule has 2 bridgehead atoms. The molecule has 3 aliphatic rings. The molecule has 2 nitrogen and oxygen atoms in total. The first-order chi connectivity index (χ1) is 8.29. The van der Waals surface area contributed by atoms with Crippen LogP contribution < -0.4 is 0 Å². The van der Waals surface area contributed by atoms with Crippen LogP contribution in [0.5, 0.6) is 0 Å². The largest absolute Gasteiger partial charge is 0.350 e. The van der Waals surface area contributed by atoms with E-state index in [0.717, 1.165) is 25.4 Å². The Labute approximate surface area is 111 Å². The maximum atomic E-state index is 6.62. The average molecular weight is 252 g/mol. The van der Waals surface area contributed by atoms with E-state index in [9.17, 15) is 0 Å². The highest BCUT2D eigenvalue weighted by molar-refractivity contribution is 5.19. The molecule has 0 radical (unpaired) electrons. The van der Waals surface area contributed by atoms with Crippen molar-refractivity contribution in [3.8, 4) is 0 Å². The Balaban J connectivity index is 1.98. The number of fused-ring (bicyclic) bond motifs is 3. The molecule has 0 amide bonds. The molecule has 2 heteroatoms. The van der Waals surface area contributed by atoms with Gasteiger partial charge in [-0.15, -0.1) is 0 Å². The summed E-state index contributed by atoms with van der Waals surface area (Å²) in [5.74, 6) is 0.476. The summed E-state index contributed by atoms with van der Waals surface area (Å²) in [6.45, 7) is 12.5. The molecule has 0 N–H and O–H groups in total. The minimum atomic E-state index is -0.359. The van der Waals surface area contributed by atoms with Gasteiger partial charge in [0.05, 0.1) is 12.2 Å². The summed E-state index contributed by atoms with van der Waals surface area (Å²) in [5, 5.41) is 0. The molecule has 4 atom stereocenters. The first kappa shape index (κ1) is 12.9. The molecule has 2 saturated carbocycles. The van der Waals surface area contributed by atoms with E-state index in [4.69, 9.17) is 9.47 Å². The van der Waals surface area contributed by atoms with E-state index in [1.54, 1.807) is 0 Å². The highest BCUT2D eigenvalue weighted by atomic mass is 16.7. The molecule has 0 aromatic heterocycles. The maximum Gasteiger partial charge on any atom is 0.166 e. The van der Waals surface area contributed by atoms with Crippen molar-refractivity contribution in [1.29, 1.82) is 0 Å². The summed E-state index contributed by atoms with van der Waals surface area (Å²) in [6, 6.07) is 0. The lowest BCUT2D eigenvalue weighted by molar-refractivity contribution is -0.346. The van der Waals surface area contributed by atoms with Gasteiger partial charge in [0.15, 0.2) is 5.79 Å². The van der Waals surface area contributed by atoms with Crippen LogP contribution in [0, 0.1) is 16.7 Å². The second-order valence-electron chi connectivity index (χ2n) is 7.68. The zero-order chi connectivity index (χ0) is 13.2. The smallest absolute Gasteiger partial charge is 0.166 e. The second kappa shape index (κ2) is 3.52. The van der Waals surface area contributed by atoms with E-state index in [2.05, 4.69) is 34.6 Å². The molecule has 3 fully saturated rings. The molecule has 0 aromatic carbocycles. The lowest BCUT2D eigenvalue weighted by Crippen LogP contribution is -2.58. The maximum absolute atomic E-state index is 6.62. The van der Waals surface area contributed by atoms with Crippen molar-refractivity contribution in [2.45, 2.75) is 78.1 Å². The highest BCUT2D eigenvalue weighted by Gasteiger charge is 2.70. The Morgan fingerprint density at radius 1 is 1.11 bits per heavy atom. The van der Waals surface area contributed by atoms with Crippen molar-refractivity contribution in [2.24, 2.45) is 16.7 Å². The molecule has 104 valence electrons. The SMILES string of the molecule is CCC1(C)OCCC2(CC3CCC2(C)C3(C)C)O1. The number of ether oxygens (including phenoxy) is 2. The molecular weight excluding hydrogens is 224 g/mol. The Morgan fingerprint density at radius 2 is 1.83 bits per heavy atom. The number of hydrogen-bond acceptors (Lipinski definition) is 2. The van der Waals surface area contributed by atoms with Crippen molar-refractivity contribution in [3.63, 3.8) is 0 Å². The van der Waals surface area contributed by atoms with Crippen molar-refractivity contribution in [2.75, 3.05) is 6.61 Å². The Morgan fingerprint density at radius 3 is 2.33 bits per heavy atom. The molecular formula is C16H28O2. The molecule has 2 aliphatic carbocycles.